The molecule has 0 N–H and O–H groups in total. The Labute approximate surface area is 393 Å². The Balaban J connectivity index is 4.17. The molecule has 6 heteroatoms. The monoisotopic (exact) mass is 887 g/mol. The van der Waals surface area contributed by atoms with Crippen LogP contribution >= 0.6 is 0 Å². The maximum Gasteiger partial charge on any atom is 0.306 e. The SMILES string of the molecule is CC/C=C\C/C=C\C/C=C\C/C=C\C/C=C\CCCCCCCCCCCCCC(=O)OCC(COC(=O)CCCCCCCC)OC(=O)CC/C=C\C/C=C\C/C=C\C/C=C\CC. The molecule has 0 aromatic rings. The molecule has 1 unspecified atom stereocenters. The van der Waals surface area contributed by atoms with Crippen LogP contribution in [0.25, 0.3) is 0 Å². The third-order valence-electron chi connectivity index (χ3n) is 10.5. The van der Waals surface area contributed by atoms with E-state index in [4.69, 9.17) is 14.2 Å². The van der Waals surface area contributed by atoms with Gasteiger partial charge in [-0.05, 0) is 89.9 Å². The lowest BCUT2D eigenvalue weighted by Gasteiger charge is -2.18. The smallest absolute Gasteiger partial charge is 0.306 e. The molecule has 64 heavy (non-hydrogen) atoms. The summed E-state index contributed by atoms with van der Waals surface area (Å²) in [5.74, 6) is -1.01. The van der Waals surface area contributed by atoms with Crippen LogP contribution in [0, 0.1) is 0 Å². The molecule has 0 bridgehead atoms. The molecule has 0 heterocycles. The van der Waals surface area contributed by atoms with Crippen LogP contribution in [0.2, 0.25) is 0 Å². The maximum absolute atomic E-state index is 12.7. The normalized spacial score (nSPS) is 13.0. The van der Waals surface area contributed by atoms with Crippen molar-refractivity contribution < 1.29 is 28.6 Å². The van der Waals surface area contributed by atoms with Crippen molar-refractivity contribution in [3.63, 3.8) is 0 Å². The molecule has 0 radical (unpaired) electrons. The van der Waals surface area contributed by atoms with E-state index in [1.54, 1.807) is 0 Å². The Hall–Kier alpha value is -3.93. The van der Waals surface area contributed by atoms with Gasteiger partial charge in [0.1, 0.15) is 13.2 Å². The summed E-state index contributed by atoms with van der Waals surface area (Å²) in [7, 11) is 0. The second-order valence-electron chi connectivity index (χ2n) is 16.7. The Bertz CT molecular complexity index is 1340. The molecule has 0 aromatic heterocycles. The van der Waals surface area contributed by atoms with Gasteiger partial charge in [-0.3, -0.25) is 14.4 Å². The number of carbonyl (C=O) groups excluding carboxylic acids is 3. The predicted molar refractivity (Wildman–Crippen MR) is 274 cm³/mol. The molecule has 0 aromatic carbocycles. The first kappa shape index (κ1) is 60.1. The van der Waals surface area contributed by atoms with Gasteiger partial charge in [0, 0.05) is 19.3 Å². The third-order valence-corrected chi connectivity index (χ3v) is 10.5. The average Bonchev–Trinajstić information content (AvgIpc) is 3.29. The topological polar surface area (TPSA) is 78.9 Å². The largest absolute Gasteiger partial charge is 0.462 e. The highest BCUT2D eigenvalue weighted by molar-refractivity contribution is 5.71. The summed E-state index contributed by atoms with van der Waals surface area (Å²) < 4.78 is 16.6. The molecule has 0 amide bonds. The molecule has 0 aliphatic heterocycles. The van der Waals surface area contributed by atoms with E-state index in [0.29, 0.717) is 19.3 Å². The van der Waals surface area contributed by atoms with Gasteiger partial charge in [0.05, 0.1) is 0 Å². The highest BCUT2D eigenvalue weighted by atomic mass is 16.6. The summed E-state index contributed by atoms with van der Waals surface area (Å²) in [4.78, 5) is 37.7. The van der Waals surface area contributed by atoms with Crippen LogP contribution in [0.5, 0.6) is 0 Å². The van der Waals surface area contributed by atoms with E-state index in [-0.39, 0.29) is 31.6 Å². The number of esters is 3. The first-order valence-corrected chi connectivity index (χ1v) is 25.9. The Morgan fingerprint density at radius 3 is 1.02 bits per heavy atom. The lowest BCUT2D eigenvalue weighted by atomic mass is 10.0. The summed E-state index contributed by atoms with van der Waals surface area (Å²) >= 11 is 0. The molecular formula is C58H94O6. The van der Waals surface area contributed by atoms with Gasteiger partial charge in [-0.1, -0.05) is 220 Å². The van der Waals surface area contributed by atoms with Gasteiger partial charge in [0.15, 0.2) is 6.10 Å². The van der Waals surface area contributed by atoms with Crippen molar-refractivity contribution in [1.29, 1.82) is 0 Å². The molecule has 0 aliphatic rings. The van der Waals surface area contributed by atoms with Gasteiger partial charge in [-0.15, -0.1) is 0 Å². The average molecular weight is 887 g/mol. The summed E-state index contributed by atoms with van der Waals surface area (Å²) in [6.07, 6.45) is 69.8. The summed E-state index contributed by atoms with van der Waals surface area (Å²) in [5.41, 5.74) is 0. The first-order valence-electron chi connectivity index (χ1n) is 25.9. The van der Waals surface area contributed by atoms with Crippen molar-refractivity contribution in [2.24, 2.45) is 0 Å². The standard InChI is InChI=1S/C58H94O6/c1-4-7-10-13-16-18-20-22-23-24-25-26-27-28-29-30-31-32-33-34-35-37-38-40-42-45-48-51-57(60)63-54-55(53-62-56(59)50-47-44-15-12-9-6-3)64-58(61)52-49-46-43-41-39-36-21-19-17-14-11-8-5-2/h7-8,10-11,16-19,22-23,25-26,28-29,36,39,43,46,55H,4-6,9,12-15,20-21,24,27,30-35,37-38,40-42,44-45,47-54H2,1-3H3/b10-7-,11-8-,18-16-,19-17-,23-22-,26-25-,29-28-,39-36-,46-43-. The van der Waals surface area contributed by atoms with Gasteiger partial charge < -0.3 is 14.2 Å². The van der Waals surface area contributed by atoms with Crippen LogP contribution in [0.4, 0.5) is 0 Å². The summed E-state index contributed by atoms with van der Waals surface area (Å²) in [6.45, 7) is 6.26. The summed E-state index contributed by atoms with van der Waals surface area (Å²) in [5, 5.41) is 0. The van der Waals surface area contributed by atoms with E-state index < -0.39 is 12.1 Å². The minimum absolute atomic E-state index is 0.108. The predicted octanol–water partition coefficient (Wildman–Crippen LogP) is 17.1. The van der Waals surface area contributed by atoms with Crippen LogP contribution in [-0.2, 0) is 28.6 Å². The molecule has 0 aliphatic carbocycles. The summed E-state index contributed by atoms with van der Waals surface area (Å²) in [6, 6.07) is 0. The number of allylic oxidation sites excluding steroid dienone is 18. The second-order valence-corrected chi connectivity index (χ2v) is 16.7. The van der Waals surface area contributed by atoms with Crippen molar-refractivity contribution in [1.82, 2.24) is 0 Å². The van der Waals surface area contributed by atoms with Crippen LogP contribution in [0.1, 0.15) is 220 Å². The highest BCUT2D eigenvalue weighted by Crippen LogP contribution is 2.14. The number of ether oxygens (including phenoxy) is 3. The molecule has 1 atom stereocenters. The van der Waals surface area contributed by atoms with Crippen LogP contribution in [-0.4, -0.2) is 37.2 Å². The zero-order chi connectivity index (χ0) is 46.5. The van der Waals surface area contributed by atoms with Crippen LogP contribution in [0.15, 0.2) is 109 Å². The fraction of sp³-hybridized carbons (Fsp3) is 0.638. The number of rotatable bonds is 45. The minimum atomic E-state index is -0.814. The van der Waals surface area contributed by atoms with Crippen molar-refractivity contribution in [2.75, 3.05) is 13.2 Å². The molecule has 0 spiro atoms. The van der Waals surface area contributed by atoms with Crippen LogP contribution in [0.3, 0.4) is 0 Å². The fourth-order valence-electron chi connectivity index (χ4n) is 6.72. The number of unbranched alkanes of at least 4 members (excludes halogenated alkanes) is 16. The number of hydrogen-bond acceptors (Lipinski definition) is 6. The van der Waals surface area contributed by atoms with E-state index >= 15 is 0 Å². The van der Waals surface area contributed by atoms with E-state index in [0.717, 1.165) is 96.3 Å². The van der Waals surface area contributed by atoms with E-state index in [2.05, 4.69) is 118 Å². The first-order chi connectivity index (χ1) is 31.5. The van der Waals surface area contributed by atoms with E-state index in [1.807, 2.05) is 12.2 Å². The molecule has 0 rings (SSSR count). The lowest BCUT2D eigenvalue weighted by Crippen LogP contribution is -2.30. The van der Waals surface area contributed by atoms with E-state index in [1.165, 1.54) is 77.0 Å². The highest BCUT2D eigenvalue weighted by Gasteiger charge is 2.19. The Morgan fingerprint density at radius 1 is 0.328 bits per heavy atom. The molecular weight excluding hydrogens is 793 g/mol. The Morgan fingerprint density at radius 2 is 0.641 bits per heavy atom. The zero-order valence-electron chi connectivity index (χ0n) is 41.3. The van der Waals surface area contributed by atoms with Crippen molar-refractivity contribution in [2.45, 2.75) is 226 Å². The molecule has 6 nitrogen and oxygen atoms in total. The molecule has 0 saturated heterocycles. The zero-order valence-corrected chi connectivity index (χ0v) is 41.3. The molecule has 0 fully saturated rings. The number of carbonyl (C=O) groups is 3. The fourth-order valence-corrected chi connectivity index (χ4v) is 6.72. The molecule has 0 saturated carbocycles. The third kappa shape index (κ3) is 49.1. The van der Waals surface area contributed by atoms with Gasteiger partial charge in [0.25, 0.3) is 0 Å². The van der Waals surface area contributed by atoms with Gasteiger partial charge in [0.2, 0.25) is 0 Å². The van der Waals surface area contributed by atoms with Gasteiger partial charge >= 0.3 is 17.9 Å². The lowest BCUT2D eigenvalue weighted by molar-refractivity contribution is -0.166. The quantitative estimate of drug-likeness (QED) is 0.0262. The minimum Gasteiger partial charge on any atom is -0.462 e. The van der Waals surface area contributed by atoms with Crippen molar-refractivity contribution >= 4 is 17.9 Å². The number of hydrogen-bond donors (Lipinski definition) is 0. The van der Waals surface area contributed by atoms with Crippen molar-refractivity contribution in [3.8, 4) is 0 Å². The molecule has 362 valence electrons. The second kappa shape index (κ2) is 51.7. The van der Waals surface area contributed by atoms with Crippen molar-refractivity contribution in [3.05, 3.63) is 109 Å². The maximum atomic E-state index is 12.7. The van der Waals surface area contributed by atoms with Gasteiger partial charge in [-0.25, -0.2) is 0 Å². The van der Waals surface area contributed by atoms with E-state index in [9.17, 15) is 14.4 Å². The van der Waals surface area contributed by atoms with Crippen LogP contribution < -0.4 is 0 Å². The Kier molecular flexibility index (Phi) is 48.5. The van der Waals surface area contributed by atoms with Gasteiger partial charge in [-0.2, -0.15) is 0 Å².